The maximum Gasteiger partial charge on any atom is 0.328 e. The minimum absolute atomic E-state index is 0.0671. The molecular weight excluding hydrogens is 362 g/mol. The van der Waals surface area contributed by atoms with Gasteiger partial charge in [0, 0.05) is 0 Å². The number of carboxylic acids is 1. The number of aliphatic hydroxyl groups excluding tert-OH is 4. The molecule has 7 heteroatoms. The van der Waals surface area contributed by atoms with Crippen molar-refractivity contribution in [2.75, 3.05) is 6.61 Å². The van der Waals surface area contributed by atoms with Gasteiger partial charge in [-0.05, 0) is 32.1 Å². The second kappa shape index (κ2) is 15.9. The lowest BCUT2D eigenvalue weighted by molar-refractivity contribution is -0.154. The molecule has 0 aliphatic carbocycles. The first-order valence-electron chi connectivity index (χ1n) is 10.6. The van der Waals surface area contributed by atoms with Gasteiger partial charge in [-0.15, -0.1) is 0 Å². The molecular formula is C21H41NO6. The summed E-state index contributed by atoms with van der Waals surface area (Å²) in [5, 5.41) is 47.7. The fraction of sp³-hybridized carbons (Fsp3) is 0.857. The lowest BCUT2D eigenvalue weighted by Crippen LogP contribution is -2.63. The quantitative estimate of drug-likeness (QED) is 0.152. The zero-order chi connectivity index (χ0) is 21.4. The summed E-state index contributed by atoms with van der Waals surface area (Å²) in [4.78, 5) is 11.0. The molecule has 4 unspecified atom stereocenters. The first kappa shape index (κ1) is 27.0. The summed E-state index contributed by atoms with van der Waals surface area (Å²) in [5.41, 5.74) is 3.17. The average molecular weight is 404 g/mol. The van der Waals surface area contributed by atoms with Crippen LogP contribution < -0.4 is 5.73 Å². The highest BCUT2D eigenvalue weighted by molar-refractivity contribution is 5.79. The highest BCUT2D eigenvalue weighted by Gasteiger charge is 2.44. The number of allylic oxidation sites excluding steroid dienone is 1. The van der Waals surface area contributed by atoms with Crippen LogP contribution in [0.3, 0.4) is 0 Å². The Hall–Kier alpha value is -0.990. The monoisotopic (exact) mass is 403 g/mol. The smallest absolute Gasteiger partial charge is 0.328 e. The number of carbonyl (C=O) groups is 1. The maximum absolute atomic E-state index is 11.0. The Balaban J connectivity index is 3.79. The molecule has 0 saturated carbocycles. The van der Waals surface area contributed by atoms with E-state index in [1.807, 2.05) is 6.08 Å². The van der Waals surface area contributed by atoms with Gasteiger partial charge in [0.05, 0.1) is 18.8 Å². The number of rotatable bonds is 18. The molecule has 7 nitrogen and oxygen atoms in total. The van der Waals surface area contributed by atoms with Crippen LogP contribution >= 0.6 is 0 Å². The van der Waals surface area contributed by atoms with Crippen molar-refractivity contribution in [3.05, 3.63) is 12.2 Å². The third-order valence-electron chi connectivity index (χ3n) is 5.15. The van der Waals surface area contributed by atoms with E-state index in [9.17, 15) is 20.1 Å². The van der Waals surface area contributed by atoms with Gasteiger partial charge in [-0.1, -0.05) is 64.0 Å². The SMILES string of the molecule is CCCCCCC(O)CCCCCC/C=C/CC(O)C(O)C(N)(CO)C(=O)O. The standard InChI is InChI=1S/C21H41NO6/c1-2-3-4-10-13-17(24)14-11-8-6-5-7-9-12-15-18(25)19(26)21(22,16-23)20(27)28/h9,12,17-19,23-26H,2-8,10-11,13-16,22H2,1H3,(H,27,28)/b12-9+. The van der Waals surface area contributed by atoms with E-state index in [1.165, 1.54) is 19.3 Å². The molecule has 0 heterocycles. The van der Waals surface area contributed by atoms with Gasteiger partial charge < -0.3 is 31.3 Å². The van der Waals surface area contributed by atoms with Gasteiger partial charge in [-0.2, -0.15) is 0 Å². The number of aliphatic hydroxyl groups is 4. The van der Waals surface area contributed by atoms with Gasteiger partial charge in [-0.25, -0.2) is 0 Å². The van der Waals surface area contributed by atoms with E-state index in [0.717, 1.165) is 51.4 Å². The number of carboxylic acid groups (broad SMARTS) is 1. The van der Waals surface area contributed by atoms with Crippen molar-refractivity contribution < 1.29 is 30.3 Å². The van der Waals surface area contributed by atoms with Crippen LogP contribution in [-0.2, 0) is 4.79 Å². The largest absolute Gasteiger partial charge is 0.480 e. The van der Waals surface area contributed by atoms with Crippen molar-refractivity contribution in [3.8, 4) is 0 Å². The molecule has 0 aliphatic heterocycles. The predicted molar refractivity (Wildman–Crippen MR) is 110 cm³/mol. The van der Waals surface area contributed by atoms with Crippen molar-refractivity contribution in [1.82, 2.24) is 0 Å². The molecule has 7 N–H and O–H groups in total. The van der Waals surface area contributed by atoms with Crippen molar-refractivity contribution in [2.24, 2.45) is 5.73 Å². The Morgan fingerprint density at radius 3 is 2.07 bits per heavy atom. The lowest BCUT2D eigenvalue weighted by Gasteiger charge is -2.30. The van der Waals surface area contributed by atoms with Gasteiger partial charge in [0.2, 0.25) is 0 Å². The molecule has 0 bridgehead atoms. The molecule has 0 fully saturated rings. The Labute approximate surface area is 169 Å². The molecule has 0 aromatic rings. The Morgan fingerprint density at radius 1 is 0.964 bits per heavy atom. The summed E-state index contributed by atoms with van der Waals surface area (Å²) in [6.45, 7) is 1.22. The zero-order valence-electron chi connectivity index (χ0n) is 17.3. The number of aliphatic carboxylic acids is 1. The topological polar surface area (TPSA) is 144 Å². The Morgan fingerprint density at radius 2 is 1.54 bits per heavy atom. The fourth-order valence-corrected chi connectivity index (χ4v) is 3.06. The van der Waals surface area contributed by atoms with E-state index in [0.29, 0.717) is 0 Å². The van der Waals surface area contributed by atoms with E-state index in [4.69, 9.17) is 15.9 Å². The highest BCUT2D eigenvalue weighted by Crippen LogP contribution is 2.15. The Kier molecular flexibility index (Phi) is 15.3. The molecule has 0 radical (unpaired) electrons. The number of hydrogen-bond acceptors (Lipinski definition) is 6. The predicted octanol–water partition coefficient (Wildman–Crippen LogP) is 2.10. The van der Waals surface area contributed by atoms with Crippen LogP contribution in [0.15, 0.2) is 12.2 Å². The molecule has 0 aromatic carbocycles. The van der Waals surface area contributed by atoms with Crippen molar-refractivity contribution >= 4 is 5.97 Å². The van der Waals surface area contributed by atoms with Gasteiger partial charge in [0.25, 0.3) is 0 Å². The van der Waals surface area contributed by atoms with Crippen LogP contribution in [-0.4, -0.2) is 62.0 Å². The third-order valence-corrected chi connectivity index (χ3v) is 5.15. The minimum Gasteiger partial charge on any atom is -0.480 e. The number of unbranched alkanes of at least 4 members (excludes halogenated alkanes) is 7. The lowest BCUT2D eigenvalue weighted by atomic mass is 9.89. The second-order valence-electron chi connectivity index (χ2n) is 7.72. The van der Waals surface area contributed by atoms with Gasteiger partial charge >= 0.3 is 5.97 Å². The van der Waals surface area contributed by atoms with Gasteiger partial charge in [0.1, 0.15) is 6.10 Å². The van der Waals surface area contributed by atoms with Crippen molar-refractivity contribution in [2.45, 2.75) is 108 Å². The summed E-state index contributed by atoms with van der Waals surface area (Å²) in [5.74, 6) is -1.56. The minimum atomic E-state index is -2.27. The molecule has 28 heavy (non-hydrogen) atoms. The van der Waals surface area contributed by atoms with Crippen LogP contribution in [0.4, 0.5) is 0 Å². The molecule has 0 aromatic heterocycles. The summed E-state index contributed by atoms with van der Waals surface area (Å²) >= 11 is 0. The molecule has 0 spiro atoms. The molecule has 0 rings (SSSR count). The maximum atomic E-state index is 11.0. The molecule has 0 saturated heterocycles. The van der Waals surface area contributed by atoms with Crippen LogP contribution in [0.25, 0.3) is 0 Å². The summed E-state index contributed by atoms with van der Waals surface area (Å²) in [7, 11) is 0. The van der Waals surface area contributed by atoms with Crippen molar-refractivity contribution in [3.63, 3.8) is 0 Å². The first-order valence-corrected chi connectivity index (χ1v) is 10.6. The Bertz CT molecular complexity index is 431. The van der Waals surface area contributed by atoms with E-state index >= 15 is 0 Å². The molecule has 4 atom stereocenters. The van der Waals surface area contributed by atoms with E-state index in [1.54, 1.807) is 6.08 Å². The van der Waals surface area contributed by atoms with E-state index in [2.05, 4.69) is 6.92 Å². The average Bonchev–Trinajstić information content (AvgIpc) is 2.68. The fourth-order valence-electron chi connectivity index (χ4n) is 3.06. The van der Waals surface area contributed by atoms with Crippen molar-refractivity contribution in [1.29, 1.82) is 0 Å². The summed E-state index contributed by atoms with van der Waals surface area (Å²) < 4.78 is 0. The first-order chi connectivity index (χ1) is 13.3. The summed E-state index contributed by atoms with van der Waals surface area (Å²) in [6.07, 6.45) is 11.9. The number of hydrogen-bond donors (Lipinski definition) is 6. The van der Waals surface area contributed by atoms with Gasteiger partial charge in [0.15, 0.2) is 5.54 Å². The molecule has 166 valence electrons. The second-order valence-corrected chi connectivity index (χ2v) is 7.72. The number of nitrogens with two attached hydrogens (primary N) is 1. The van der Waals surface area contributed by atoms with Crippen LogP contribution in [0.1, 0.15) is 84.0 Å². The molecule has 0 amide bonds. The highest BCUT2D eigenvalue weighted by atomic mass is 16.4. The summed E-state index contributed by atoms with van der Waals surface area (Å²) in [6, 6.07) is 0. The molecule has 0 aliphatic rings. The third kappa shape index (κ3) is 11.1. The normalized spacial score (nSPS) is 17.4. The van der Waals surface area contributed by atoms with Crippen LogP contribution in [0, 0.1) is 0 Å². The van der Waals surface area contributed by atoms with Gasteiger partial charge in [-0.3, -0.25) is 4.79 Å². The van der Waals surface area contributed by atoms with Crippen LogP contribution in [0.2, 0.25) is 0 Å². The van der Waals surface area contributed by atoms with E-state index < -0.39 is 30.3 Å². The van der Waals surface area contributed by atoms with E-state index in [-0.39, 0.29) is 12.5 Å². The van der Waals surface area contributed by atoms with Crippen LogP contribution in [0.5, 0.6) is 0 Å². The zero-order valence-corrected chi connectivity index (χ0v) is 17.3.